The van der Waals surface area contributed by atoms with E-state index >= 15 is 0 Å². The quantitative estimate of drug-likeness (QED) is 0.855. The van der Waals surface area contributed by atoms with Gasteiger partial charge in [0.05, 0.1) is 19.0 Å². The van der Waals surface area contributed by atoms with E-state index in [0.717, 1.165) is 10.6 Å². The van der Waals surface area contributed by atoms with Gasteiger partial charge in [0.25, 0.3) is 0 Å². The Bertz CT molecular complexity index is 442. The molecule has 2 aromatic heterocycles. The van der Waals surface area contributed by atoms with Crippen LogP contribution in [0.4, 0.5) is 5.69 Å². The van der Waals surface area contributed by atoms with Gasteiger partial charge >= 0.3 is 0 Å². The molecule has 0 aromatic carbocycles. The Kier molecular flexibility index (Phi) is 3.95. The van der Waals surface area contributed by atoms with Crippen LogP contribution in [0.2, 0.25) is 0 Å². The zero-order chi connectivity index (χ0) is 12.1. The van der Waals surface area contributed by atoms with E-state index in [1.807, 2.05) is 23.6 Å². The lowest BCUT2D eigenvalue weighted by Gasteiger charge is -2.11. The molecule has 0 bridgehead atoms. The summed E-state index contributed by atoms with van der Waals surface area (Å²) in [7, 11) is 1.58. The molecule has 17 heavy (non-hydrogen) atoms. The second kappa shape index (κ2) is 5.65. The van der Waals surface area contributed by atoms with Crippen LogP contribution in [0.5, 0.6) is 5.88 Å². The van der Waals surface area contributed by atoms with Crippen LogP contribution < -0.4 is 10.1 Å². The van der Waals surface area contributed by atoms with E-state index in [1.54, 1.807) is 30.7 Å². The van der Waals surface area contributed by atoms with Gasteiger partial charge in [-0.3, -0.25) is 0 Å². The molecule has 0 aliphatic carbocycles. The van der Waals surface area contributed by atoms with Gasteiger partial charge in [-0.05, 0) is 17.5 Å². The van der Waals surface area contributed by atoms with Crippen LogP contribution in [0.15, 0.2) is 35.8 Å². The number of nitrogens with one attached hydrogen (secondary N) is 1. The van der Waals surface area contributed by atoms with Gasteiger partial charge in [-0.15, -0.1) is 11.3 Å². The predicted molar refractivity (Wildman–Crippen MR) is 68.6 cm³/mol. The van der Waals surface area contributed by atoms with Crippen molar-refractivity contribution in [2.75, 3.05) is 19.0 Å². The van der Waals surface area contributed by atoms with Crippen LogP contribution in [0.1, 0.15) is 11.0 Å². The Hall–Kier alpha value is -1.59. The molecular formula is C12H14N2O2S. The summed E-state index contributed by atoms with van der Waals surface area (Å²) >= 11 is 1.55. The molecule has 0 spiro atoms. The molecule has 2 rings (SSSR count). The van der Waals surface area contributed by atoms with Crippen LogP contribution >= 0.6 is 11.3 Å². The van der Waals surface area contributed by atoms with Crippen molar-refractivity contribution in [1.29, 1.82) is 0 Å². The third-order valence-corrected chi connectivity index (χ3v) is 3.29. The number of thiophene rings is 1. The standard InChI is InChI=1S/C12H14N2O2S/c1-16-12-5-4-9(7-14-12)13-8-10(15)11-3-2-6-17-11/h2-7,10,13,15H,8H2,1H3. The minimum atomic E-state index is -0.489. The highest BCUT2D eigenvalue weighted by Crippen LogP contribution is 2.19. The van der Waals surface area contributed by atoms with Crippen LogP contribution in [0.25, 0.3) is 0 Å². The first kappa shape index (κ1) is 11.9. The monoisotopic (exact) mass is 250 g/mol. The average molecular weight is 250 g/mol. The van der Waals surface area contributed by atoms with E-state index in [9.17, 15) is 5.11 Å². The Morgan fingerprint density at radius 1 is 1.47 bits per heavy atom. The molecule has 1 atom stereocenters. The Morgan fingerprint density at radius 3 is 2.94 bits per heavy atom. The van der Waals surface area contributed by atoms with Crippen molar-refractivity contribution in [2.45, 2.75) is 6.10 Å². The predicted octanol–water partition coefficient (Wildman–Crippen LogP) is 2.30. The molecule has 1 unspecified atom stereocenters. The number of methoxy groups -OCH3 is 1. The normalized spacial score (nSPS) is 12.1. The van der Waals surface area contributed by atoms with Crippen molar-refractivity contribution >= 4 is 17.0 Å². The van der Waals surface area contributed by atoms with Gasteiger partial charge in [0.1, 0.15) is 6.10 Å². The summed E-state index contributed by atoms with van der Waals surface area (Å²) in [5.41, 5.74) is 0.862. The van der Waals surface area contributed by atoms with Crippen molar-refractivity contribution in [1.82, 2.24) is 4.98 Å². The number of hydrogen-bond donors (Lipinski definition) is 2. The number of anilines is 1. The SMILES string of the molecule is COc1ccc(NCC(O)c2cccs2)cn1. The van der Waals surface area contributed by atoms with Crippen LogP contribution in [0, 0.1) is 0 Å². The van der Waals surface area contributed by atoms with E-state index in [4.69, 9.17) is 4.74 Å². The lowest BCUT2D eigenvalue weighted by atomic mass is 10.3. The molecule has 0 radical (unpaired) electrons. The zero-order valence-corrected chi connectivity index (χ0v) is 10.3. The number of aliphatic hydroxyl groups excluding tert-OH is 1. The molecule has 0 aliphatic heterocycles. The lowest BCUT2D eigenvalue weighted by molar-refractivity contribution is 0.195. The number of nitrogens with zero attached hydrogens (tertiary/aromatic N) is 1. The topological polar surface area (TPSA) is 54.4 Å². The second-order valence-electron chi connectivity index (χ2n) is 3.50. The summed E-state index contributed by atoms with van der Waals surface area (Å²) in [4.78, 5) is 5.03. The van der Waals surface area contributed by atoms with Gasteiger partial charge in [0, 0.05) is 17.5 Å². The summed E-state index contributed by atoms with van der Waals surface area (Å²) in [5.74, 6) is 0.578. The second-order valence-corrected chi connectivity index (χ2v) is 4.48. The molecule has 2 heterocycles. The molecule has 90 valence electrons. The number of pyridine rings is 1. The fourth-order valence-electron chi connectivity index (χ4n) is 1.40. The largest absolute Gasteiger partial charge is 0.481 e. The number of hydrogen-bond acceptors (Lipinski definition) is 5. The van der Waals surface area contributed by atoms with E-state index in [0.29, 0.717) is 12.4 Å². The summed E-state index contributed by atoms with van der Waals surface area (Å²) in [6.45, 7) is 0.467. The first-order valence-corrected chi connectivity index (χ1v) is 6.13. The molecule has 0 saturated carbocycles. The summed E-state index contributed by atoms with van der Waals surface area (Å²) < 4.78 is 4.97. The molecule has 2 aromatic rings. The van der Waals surface area contributed by atoms with Crippen LogP contribution in [-0.2, 0) is 0 Å². The van der Waals surface area contributed by atoms with E-state index < -0.39 is 6.10 Å². The first-order valence-electron chi connectivity index (χ1n) is 5.25. The Balaban J connectivity index is 1.89. The van der Waals surface area contributed by atoms with Crippen LogP contribution in [0.3, 0.4) is 0 Å². The summed E-state index contributed by atoms with van der Waals surface area (Å²) in [6, 6.07) is 7.49. The van der Waals surface area contributed by atoms with Gasteiger partial charge in [-0.1, -0.05) is 6.07 Å². The summed E-state index contributed by atoms with van der Waals surface area (Å²) in [6.07, 6.45) is 1.19. The van der Waals surface area contributed by atoms with Crippen molar-refractivity contribution < 1.29 is 9.84 Å². The lowest BCUT2D eigenvalue weighted by Crippen LogP contribution is -2.11. The third kappa shape index (κ3) is 3.18. The number of aliphatic hydroxyl groups is 1. The molecule has 0 saturated heterocycles. The van der Waals surface area contributed by atoms with Gasteiger partial charge < -0.3 is 15.2 Å². The average Bonchev–Trinajstić information content (AvgIpc) is 2.90. The minimum Gasteiger partial charge on any atom is -0.481 e. The highest BCUT2D eigenvalue weighted by molar-refractivity contribution is 7.10. The molecular weight excluding hydrogens is 236 g/mol. The van der Waals surface area contributed by atoms with Crippen LogP contribution in [-0.4, -0.2) is 23.7 Å². The number of aromatic nitrogens is 1. The molecule has 4 nitrogen and oxygen atoms in total. The number of rotatable bonds is 5. The Labute approximate surface area is 104 Å². The molecule has 0 fully saturated rings. The summed E-state index contributed by atoms with van der Waals surface area (Å²) in [5, 5.41) is 14.9. The first-order chi connectivity index (χ1) is 8.29. The van der Waals surface area contributed by atoms with Gasteiger partial charge in [-0.25, -0.2) is 4.98 Å². The highest BCUT2D eigenvalue weighted by atomic mass is 32.1. The zero-order valence-electron chi connectivity index (χ0n) is 9.46. The van der Waals surface area contributed by atoms with Gasteiger partial charge in [0.2, 0.25) is 5.88 Å². The fourth-order valence-corrected chi connectivity index (χ4v) is 2.11. The minimum absolute atomic E-state index is 0.467. The van der Waals surface area contributed by atoms with Crippen molar-refractivity contribution in [3.63, 3.8) is 0 Å². The van der Waals surface area contributed by atoms with Gasteiger partial charge in [0.15, 0.2) is 0 Å². The molecule has 5 heteroatoms. The third-order valence-electron chi connectivity index (χ3n) is 2.32. The number of ether oxygens (including phenoxy) is 1. The fraction of sp³-hybridized carbons (Fsp3) is 0.250. The van der Waals surface area contributed by atoms with Crippen molar-refractivity contribution in [3.05, 3.63) is 40.7 Å². The van der Waals surface area contributed by atoms with Gasteiger partial charge in [-0.2, -0.15) is 0 Å². The Morgan fingerprint density at radius 2 is 2.35 bits per heavy atom. The maximum absolute atomic E-state index is 9.87. The van der Waals surface area contributed by atoms with E-state index in [2.05, 4.69) is 10.3 Å². The maximum atomic E-state index is 9.87. The molecule has 0 aliphatic rings. The smallest absolute Gasteiger partial charge is 0.213 e. The van der Waals surface area contributed by atoms with Crippen molar-refractivity contribution in [3.8, 4) is 5.88 Å². The van der Waals surface area contributed by atoms with E-state index in [1.165, 1.54) is 0 Å². The molecule has 0 amide bonds. The highest BCUT2D eigenvalue weighted by Gasteiger charge is 2.07. The maximum Gasteiger partial charge on any atom is 0.213 e. The van der Waals surface area contributed by atoms with E-state index in [-0.39, 0.29) is 0 Å². The van der Waals surface area contributed by atoms with Crippen molar-refractivity contribution in [2.24, 2.45) is 0 Å². The molecule has 2 N–H and O–H groups in total.